The first kappa shape index (κ1) is 19.9. The molecule has 0 aromatic rings. The average Bonchev–Trinajstić information content (AvgIpc) is 2.43. The van der Waals surface area contributed by atoms with Crippen LogP contribution < -0.4 is 0 Å². The predicted octanol–water partition coefficient (Wildman–Crippen LogP) is 5.97. The molecule has 3 fully saturated rings. The van der Waals surface area contributed by atoms with Crippen LogP contribution in [-0.2, 0) is 0 Å². The Kier molecular flexibility index (Phi) is 5.84. The maximum absolute atomic E-state index is 5.81. The van der Waals surface area contributed by atoms with E-state index in [-0.39, 0.29) is 0 Å². The van der Waals surface area contributed by atoms with E-state index >= 15 is 0 Å². The van der Waals surface area contributed by atoms with E-state index in [0.717, 1.165) is 34.7 Å². The summed E-state index contributed by atoms with van der Waals surface area (Å²) in [6, 6.07) is 1.36. The van der Waals surface area contributed by atoms with E-state index in [1.165, 1.54) is 38.5 Å². The van der Waals surface area contributed by atoms with E-state index in [9.17, 15) is 0 Å². The van der Waals surface area contributed by atoms with Gasteiger partial charge < -0.3 is 4.90 Å². The molecule has 0 aromatic heterocycles. The molecule has 3 aliphatic rings. The van der Waals surface area contributed by atoms with Crippen molar-refractivity contribution in [1.82, 2.24) is 9.80 Å². The molecule has 1 heterocycles. The van der Waals surface area contributed by atoms with Gasteiger partial charge >= 0.3 is 0 Å². The molecule has 0 bridgehead atoms. The predicted molar refractivity (Wildman–Crippen MR) is 115 cm³/mol. The number of hydrogen-bond donors (Lipinski definition) is 0. The lowest BCUT2D eigenvalue weighted by atomic mass is 9.70. The second-order valence-electron chi connectivity index (χ2n) is 10.9. The lowest BCUT2D eigenvalue weighted by Gasteiger charge is -2.51. The minimum absolute atomic E-state index is 0.451. The molecular formula is C21H38N2S2. The van der Waals surface area contributed by atoms with E-state index < -0.39 is 0 Å². The van der Waals surface area contributed by atoms with Crippen LogP contribution in [0.25, 0.3) is 0 Å². The van der Waals surface area contributed by atoms with E-state index in [0.29, 0.717) is 16.9 Å². The number of nitrogens with zero attached hydrogens (tertiary/aromatic N) is 2. The summed E-state index contributed by atoms with van der Waals surface area (Å²) in [7, 11) is 0. The molecule has 1 aliphatic heterocycles. The molecule has 0 spiro atoms. The SMILES string of the molecule is C[C@@H]1C[C@H](N2CSC(=S)N([C@@H]3C[C@@H](C)CC(C)(C)C3)C2)CC(C)(C)C1. The van der Waals surface area contributed by atoms with E-state index in [1.807, 2.05) is 11.8 Å². The molecule has 0 N–H and O–H groups in total. The molecular weight excluding hydrogens is 344 g/mol. The smallest absolute Gasteiger partial charge is 0.138 e. The van der Waals surface area contributed by atoms with Gasteiger partial charge in [0.15, 0.2) is 0 Å². The monoisotopic (exact) mass is 382 g/mol. The zero-order chi connectivity index (χ0) is 18.4. The van der Waals surface area contributed by atoms with Crippen molar-refractivity contribution in [2.24, 2.45) is 22.7 Å². The van der Waals surface area contributed by atoms with Crippen LogP contribution in [-0.4, -0.2) is 38.7 Å². The third kappa shape index (κ3) is 4.93. The second kappa shape index (κ2) is 7.31. The van der Waals surface area contributed by atoms with Gasteiger partial charge in [0.05, 0.1) is 12.5 Å². The highest BCUT2D eigenvalue weighted by Crippen LogP contribution is 2.44. The maximum Gasteiger partial charge on any atom is 0.138 e. The standard InChI is InChI=1S/C21H38N2S2/c1-15-7-17(11-20(3,4)9-15)22-13-23(19(24)25-14-22)18-8-16(2)10-21(5,6)12-18/h15-18H,7-14H2,1-6H3/t15-,16-,17+,18-/m1/s1. The fourth-order valence-corrected chi connectivity index (χ4v) is 7.41. The lowest BCUT2D eigenvalue weighted by molar-refractivity contribution is 0.0281. The number of rotatable bonds is 2. The van der Waals surface area contributed by atoms with Gasteiger partial charge in [-0.1, -0.05) is 65.5 Å². The Hall–Kier alpha value is 0.200. The quantitative estimate of drug-likeness (QED) is 0.543. The average molecular weight is 383 g/mol. The van der Waals surface area contributed by atoms with Gasteiger partial charge in [0.1, 0.15) is 4.32 Å². The summed E-state index contributed by atoms with van der Waals surface area (Å²) in [5.74, 6) is 2.74. The Morgan fingerprint density at radius 3 is 1.96 bits per heavy atom. The highest BCUT2D eigenvalue weighted by Gasteiger charge is 2.41. The Balaban J connectivity index is 1.70. The summed E-state index contributed by atoms with van der Waals surface area (Å²) in [5, 5.41) is 0. The first-order valence-corrected chi connectivity index (χ1v) is 11.6. The third-order valence-electron chi connectivity index (χ3n) is 6.61. The minimum Gasteiger partial charge on any atom is -0.341 e. The molecule has 2 saturated carbocycles. The van der Waals surface area contributed by atoms with Crippen LogP contribution in [0.5, 0.6) is 0 Å². The summed E-state index contributed by atoms with van der Waals surface area (Å²) in [6.45, 7) is 15.7. The molecule has 0 radical (unpaired) electrons. The van der Waals surface area contributed by atoms with Crippen LogP contribution in [0.15, 0.2) is 0 Å². The summed E-state index contributed by atoms with van der Waals surface area (Å²) >= 11 is 7.71. The Morgan fingerprint density at radius 1 is 0.880 bits per heavy atom. The molecule has 144 valence electrons. The van der Waals surface area contributed by atoms with Crippen LogP contribution in [0.2, 0.25) is 0 Å². The fraction of sp³-hybridized carbons (Fsp3) is 0.952. The summed E-state index contributed by atoms with van der Waals surface area (Å²) in [5.41, 5.74) is 0.934. The molecule has 3 rings (SSSR count). The summed E-state index contributed by atoms with van der Waals surface area (Å²) in [4.78, 5) is 5.33. The zero-order valence-corrected chi connectivity index (χ0v) is 18.8. The third-order valence-corrected chi connectivity index (χ3v) is 8.14. The second-order valence-corrected chi connectivity index (χ2v) is 12.5. The molecule has 2 aliphatic carbocycles. The molecule has 0 unspecified atom stereocenters. The van der Waals surface area contributed by atoms with Gasteiger partial charge in [0.25, 0.3) is 0 Å². The van der Waals surface area contributed by atoms with E-state index in [2.05, 4.69) is 51.3 Å². The minimum atomic E-state index is 0.451. The van der Waals surface area contributed by atoms with Crippen LogP contribution in [0.4, 0.5) is 0 Å². The van der Waals surface area contributed by atoms with Crippen LogP contribution in [0, 0.1) is 22.7 Å². The Bertz CT molecular complexity index is 502. The zero-order valence-electron chi connectivity index (χ0n) is 17.2. The van der Waals surface area contributed by atoms with Crippen LogP contribution >= 0.6 is 24.0 Å². The lowest BCUT2D eigenvalue weighted by Crippen LogP contribution is -2.56. The van der Waals surface area contributed by atoms with Gasteiger partial charge in [-0.05, 0) is 61.2 Å². The van der Waals surface area contributed by atoms with Crippen molar-refractivity contribution in [2.45, 2.75) is 92.2 Å². The van der Waals surface area contributed by atoms with Crippen LogP contribution in [0.1, 0.15) is 80.1 Å². The molecule has 2 nitrogen and oxygen atoms in total. The van der Waals surface area contributed by atoms with Crippen LogP contribution in [0.3, 0.4) is 0 Å². The molecule has 25 heavy (non-hydrogen) atoms. The Labute approximate surface area is 165 Å². The van der Waals surface area contributed by atoms with Crippen molar-refractivity contribution in [1.29, 1.82) is 0 Å². The fourth-order valence-electron chi connectivity index (χ4n) is 6.11. The maximum atomic E-state index is 5.81. The molecule has 0 aromatic carbocycles. The van der Waals surface area contributed by atoms with Crippen molar-refractivity contribution in [3.8, 4) is 0 Å². The van der Waals surface area contributed by atoms with Crippen molar-refractivity contribution in [2.75, 3.05) is 12.5 Å². The van der Waals surface area contributed by atoms with E-state index in [1.54, 1.807) is 0 Å². The highest BCUT2D eigenvalue weighted by atomic mass is 32.2. The molecule has 4 atom stereocenters. The van der Waals surface area contributed by atoms with Gasteiger partial charge in [-0.3, -0.25) is 4.90 Å². The number of hydrogen-bond acceptors (Lipinski definition) is 3. The number of thiocarbonyl (C=S) groups is 1. The first-order valence-electron chi connectivity index (χ1n) is 10.2. The van der Waals surface area contributed by atoms with E-state index in [4.69, 9.17) is 12.2 Å². The summed E-state index contributed by atoms with van der Waals surface area (Å²) < 4.78 is 1.15. The van der Waals surface area contributed by atoms with Crippen molar-refractivity contribution in [3.05, 3.63) is 0 Å². The van der Waals surface area contributed by atoms with Crippen molar-refractivity contribution >= 4 is 28.3 Å². The van der Waals surface area contributed by atoms with Gasteiger partial charge in [0.2, 0.25) is 0 Å². The van der Waals surface area contributed by atoms with Gasteiger partial charge in [-0.2, -0.15) is 0 Å². The Morgan fingerprint density at radius 2 is 1.40 bits per heavy atom. The highest BCUT2D eigenvalue weighted by molar-refractivity contribution is 8.22. The topological polar surface area (TPSA) is 6.48 Å². The molecule has 4 heteroatoms. The van der Waals surface area contributed by atoms with Crippen molar-refractivity contribution in [3.63, 3.8) is 0 Å². The van der Waals surface area contributed by atoms with Gasteiger partial charge in [0, 0.05) is 12.1 Å². The van der Waals surface area contributed by atoms with Gasteiger partial charge in [-0.15, -0.1) is 0 Å². The molecule has 0 amide bonds. The van der Waals surface area contributed by atoms with Gasteiger partial charge in [-0.25, -0.2) is 0 Å². The first-order chi connectivity index (χ1) is 11.5. The normalized spacial score (nSPS) is 39.4. The number of thioether (sulfide) groups is 1. The van der Waals surface area contributed by atoms with Crippen molar-refractivity contribution < 1.29 is 0 Å². The largest absolute Gasteiger partial charge is 0.341 e. The summed E-state index contributed by atoms with van der Waals surface area (Å²) in [6.07, 6.45) is 8.03. The molecule has 1 saturated heterocycles.